The third kappa shape index (κ3) is 0.863. The molecule has 0 aromatic rings. The molecule has 0 saturated carbocycles. The molecule has 1 heterocycles. The van der Waals surface area contributed by atoms with Gasteiger partial charge in [-0.05, 0) is 18.6 Å². The Morgan fingerprint density at radius 2 is 2.00 bits per heavy atom. The normalized spacial score (nSPS) is 26.6. The highest BCUT2D eigenvalue weighted by Crippen LogP contribution is 2.31. The van der Waals surface area contributed by atoms with Crippen LogP contribution in [-0.4, -0.2) is 15.4 Å². The van der Waals surface area contributed by atoms with Gasteiger partial charge in [-0.3, -0.25) is 0 Å². The first-order valence-electron chi connectivity index (χ1n) is 2.82. The lowest BCUT2D eigenvalue weighted by molar-refractivity contribution is 0.378. The SMILES string of the molecule is CO[Si]1(C)CCC1. The summed E-state index contributed by atoms with van der Waals surface area (Å²) in [5.74, 6) is 0. The Labute approximate surface area is 45.8 Å². The van der Waals surface area contributed by atoms with E-state index in [1.165, 1.54) is 18.5 Å². The fourth-order valence-electron chi connectivity index (χ4n) is 0.879. The third-order valence-electron chi connectivity index (χ3n) is 1.90. The molecule has 0 aromatic carbocycles. The summed E-state index contributed by atoms with van der Waals surface area (Å²) in [6.45, 7) is 2.30. The van der Waals surface area contributed by atoms with Crippen LogP contribution in [0.1, 0.15) is 6.42 Å². The molecule has 1 fully saturated rings. The fraction of sp³-hybridized carbons (Fsp3) is 1.00. The van der Waals surface area contributed by atoms with E-state index >= 15 is 0 Å². The van der Waals surface area contributed by atoms with Crippen molar-refractivity contribution >= 4 is 8.32 Å². The summed E-state index contributed by atoms with van der Waals surface area (Å²) < 4.78 is 5.31. The average Bonchev–Trinajstić information content (AvgIpc) is 1.61. The Kier molecular flexibility index (Phi) is 1.21. The topological polar surface area (TPSA) is 9.23 Å². The molecule has 1 nitrogen and oxygen atoms in total. The molecular formula is C5H12OSi. The standard InChI is InChI=1S/C5H12OSi/c1-6-7(2)4-3-5-7/h3-5H2,1-2H3. The summed E-state index contributed by atoms with van der Waals surface area (Å²) in [6.07, 6.45) is 1.41. The maximum Gasteiger partial charge on any atom is 0.189 e. The number of hydrogen-bond donors (Lipinski definition) is 0. The number of rotatable bonds is 1. The van der Waals surface area contributed by atoms with E-state index in [1.54, 1.807) is 0 Å². The van der Waals surface area contributed by atoms with E-state index in [-0.39, 0.29) is 0 Å². The van der Waals surface area contributed by atoms with E-state index in [9.17, 15) is 0 Å². The van der Waals surface area contributed by atoms with Crippen molar-refractivity contribution in [2.24, 2.45) is 0 Å². The predicted octanol–water partition coefficient (Wildman–Crippen LogP) is 1.61. The van der Waals surface area contributed by atoms with Gasteiger partial charge >= 0.3 is 0 Å². The fourth-order valence-corrected chi connectivity index (χ4v) is 2.64. The highest BCUT2D eigenvalue weighted by Gasteiger charge is 2.34. The van der Waals surface area contributed by atoms with Gasteiger partial charge in [0.05, 0.1) is 0 Å². The van der Waals surface area contributed by atoms with Gasteiger partial charge in [0.2, 0.25) is 0 Å². The lowest BCUT2D eigenvalue weighted by Gasteiger charge is -2.33. The molecule has 0 radical (unpaired) electrons. The van der Waals surface area contributed by atoms with Crippen molar-refractivity contribution in [1.82, 2.24) is 0 Å². The molecule has 0 aromatic heterocycles. The molecular weight excluding hydrogens is 104 g/mol. The quantitative estimate of drug-likeness (QED) is 0.473. The molecule has 0 bridgehead atoms. The second-order valence-electron chi connectivity index (χ2n) is 2.51. The van der Waals surface area contributed by atoms with Gasteiger partial charge in [0, 0.05) is 7.11 Å². The molecule has 1 aliphatic heterocycles. The van der Waals surface area contributed by atoms with Crippen LogP contribution in [0.2, 0.25) is 18.6 Å². The van der Waals surface area contributed by atoms with Crippen molar-refractivity contribution in [2.45, 2.75) is 25.1 Å². The summed E-state index contributed by atoms with van der Waals surface area (Å²) >= 11 is 0. The minimum atomic E-state index is -0.971. The van der Waals surface area contributed by atoms with Gasteiger partial charge in [-0.15, -0.1) is 0 Å². The molecule has 7 heavy (non-hydrogen) atoms. The smallest absolute Gasteiger partial charge is 0.189 e. The van der Waals surface area contributed by atoms with Crippen LogP contribution in [0.25, 0.3) is 0 Å². The second kappa shape index (κ2) is 1.60. The van der Waals surface area contributed by atoms with Gasteiger partial charge in [-0.25, -0.2) is 0 Å². The Bertz CT molecular complexity index is 63.0. The van der Waals surface area contributed by atoms with Gasteiger partial charge in [-0.1, -0.05) is 6.42 Å². The summed E-state index contributed by atoms with van der Waals surface area (Å²) in [5.41, 5.74) is 0. The molecule has 0 unspecified atom stereocenters. The summed E-state index contributed by atoms with van der Waals surface area (Å²) in [6, 6.07) is 2.78. The zero-order valence-corrected chi connectivity index (χ0v) is 6.03. The minimum absolute atomic E-state index is 0.971. The molecule has 0 N–H and O–H groups in total. The first-order valence-corrected chi connectivity index (χ1v) is 5.64. The largest absolute Gasteiger partial charge is 0.420 e. The van der Waals surface area contributed by atoms with Crippen molar-refractivity contribution in [3.05, 3.63) is 0 Å². The maximum atomic E-state index is 5.31. The lowest BCUT2D eigenvalue weighted by atomic mass is 10.5. The minimum Gasteiger partial charge on any atom is -0.420 e. The molecule has 1 rings (SSSR count). The highest BCUT2D eigenvalue weighted by atomic mass is 28.4. The maximum absolute atomic E-state index is 5.31. The monoisotopic (exact) mass is 116 g/mol. The van der Waals surface area contributed by atoms with Gasteiger partial charge in [0.25, 0.3) is 0 Å². The zero-order valence-electron chi connectivity index (χ0n) is 5.03. The van der Waals surface area contributed by atoms with Crippen LogP contribution < -0.4 is 0 Å². The molecule has 0 spiro atoms. The van der Waals surface area contributed by atoms with Gasteiger partial charge in [0.1, 0.15) is 0 Å². The molecule has 0 amide bonds. The lowest BCUT2D eigenvalue weighted by Crippen LogP contribution is -2.39. The molecule has 0 atom stereocenters. The summed E-state index contributed by atoms with van der Waals surface area (Å²) in [4.78, 5) is 0. The van der Waals surface area contributed by atoms with Crippen LogP contribution in [-0.2, 0) is 4.43 Å². The van der Waals surface area contributed by atoms with Crippen molar-refractivity contribution < 1.29 is 4.43 Å². The highest BCUT2D eigenvalue weighted by molar-refractivity contribution is 6.75. The molecule has 1 saturated heterocycles. The second-order valence-corrected chi connectivity index (χ2v) is 6.82. The molecule has 42 valence electrons. The Morgan fingerprint density at radius 1 is 1.43 bits per heavy atom. The van der Waals surface area contributed by atoms with Gasteiger partial charge in [0.15, 0.2) is 8.32 Å². The van der Waals surface area contributed by atoms with Crippen molar-refractivity contribution in [1.29, 1.82) is 0 Å². The third-order valence-corrected chi connectivity index (χ3v) is 5.71. The van der Waals surface area contributed by atoms with E-state index in [1.807, 2.05) is 7.11 Å². The van der Waals surface area contributed by atoms with Crippen LogP contribution in [0.5, 0.6) is 0 Å². The Morgan fingerprint density at radius 3 is 2.00 bits per heavy atom. The van der Waals surface area contributed by atoms with Crippen LogP contribution in [0, 0.1) is 0 Å². The van der Waals surface area contributed by atoms with Crippen molar-refractivity contribution in [2.75, 3.05) is 7.11 Å². The number of hydrogen-bond acceptors (Lipinski definition) is 1. The van der Waals surface area contributed by atoms with E-state index in [0.717, 1.165) is 0 Å². The van der Waals surface area contributed by atoms with E-state index in [2.05, 4.69) is 6.55 Å². The summed E-state index contributed by atoms with van der Waals surface area (Å²) in [7, 11) is 0.882. The van der Waals surface area contributed by atoms with Crippen LogP contribution in [0.3, 0.4) is 0 Å². The summed E-state index contributed by atoms with van der Waals surface area (Å²) in [5, 5.41) is 0. The zero-order chi connectivity index (χ0) is 5.33. The van der Waals surface area contributed by atoms with Crippen LogP contribution in [0.15, 0.2) is 0 Å². The van der Waals surface area contributed by atoms with E-state index < -0.39 is 8.32 Å². The van der Waals surface area contributed by atoms with Crippen molar-refractivity contribution in [3.63, 3.8) is 0 Å². The van der Waals surface area contributed by atoms with E-state index in [0.29, 0.717) is 0 Å². The van der Waals surface area contributed by atoms with Crippen LogP contribution in [0.4, 0.5) is 0 Å². The first-order chi connectivity index (χ1) is 3.27. The molecule has 1 aliphatic rings. The Hall–Kier alpha value is 0.177. The Balaban J connectivity index is 2.29. The van der Waals surface area contributed by atoms with Gasteiger partial charge in [-0.2, -0.15) is 0 Å². The van der Waals surface area contributed by atoms with Crippen molar-refractivity contribution in [3.8, 4) is 0 Å². The average molecular weight is 116 g/mol. The van der Waals surface area contributed by atoms with Crippen LogP contribution >= 0.6 is 0 Å². The van der Waals surface area contributed by atoms with E-state index in [4.69, 9.17) is 4.43 Å². The van der Waals surface area contributed by atoms with Gasteiger partial charge < -0.3 is 4.43 Å². The predicted molar refractivity (Wildman–Crippen MR) is 32.9 cm³/mol. The first kappa shape index (κ1) is 5.32. The molecule has 2 heteroatoms. The molecule has 0 aliphatic carbocycles.